The van der Waals surface area contributed by atoms with Crippen LogP contribution in [0, 0.1) is 5.82 Å². The van der Waals surface area contributed by atoms with Gasteiger partial charge in [0.05, 0.1) is 0 Å². The van der Waals surface area contributed by atoms with Crippen LogP contribution in [0.4, 0.5) is 10.1 Å². The van der Waals surface area contributed by atoms with Crippen LogP contribution in [0.1, 0.15) is 12.5 Å². The molecule has 0 amide bonds. The van der Waals surface area contributed by atoms with E-state index in [1.54, 1.807) is 6.07 Å². The van der Waals surface area contributed by atoms with Gasteiger partial charge in [-0.15, -0.1) is 0 Å². The van der Waals surface area contributed by atoms with E-state index in [2.05, 4.69) is 5.32 Å². The lowest BCUT2D eigenvalue weighted by atomic mass is 10.0. The summed E-state index contributed by atoms with van der Waals surface area (Å²) < 4.78 is 14.0. The summed E-state index contributed by atoms with van der Waals surface area (Å²) in [7, 11) is 4.01. The van der Waals surface area contributed by atoms with E-state index in [4.69, 9.17) is 0 Å². The molecule has 2 aromatic carbocycles. The Labute approximate surface area is 120 Å². The highest BCUT2D eigenvalue weighted by molar-refractivity contribution is 5.66. The molecule has 0 heterocycles. The number of rotatable bonds is 5. The Morgan fingerprint density at radius 2 is 1.65 bits per heavy atom. The maximum absolute atomic E-state index is 14.0. The van der Waals surface area contributed by atoms with Crippen molar-refractivity contribution < 1.29 is 4.39 Å². The standard InChI is InChI=1S/C17H21FN2/c1-4-19-12-15-6-5-14(11-17(15)18)13-7-9-16(10-8-13)20(2)3/h5-11,19H,4,12H2,1-3H3. The van der Waals surface area contributed by atoms with Gasteiger partial charge in [-0.2, -0.15) is 0 Å². The summed E-state index contributed by atoms with van der Waals surface area (Å²) in [4.78, 5) is 2.05. The smallest absolute Gasteiger partial charge is 0.128 e. The van der Waals surface area contributed by atoms with Gasteiger partial charge in [-0.05, 0) is 35.9 Å². The van der Waals surface area contributed by atoms with Crippen LogP contribution < -0.4 is 10.2 Å². The summed E-state index contributed by atoms with van der Waals surface area (Å²) >= 11 is 0. The zero-order chi connectivity index (χ0) is 14.5. The molecule has 0 saturated heterocycles. The predicted octanol–water partition coefficient (Wildman–Crippen LogP) is 3.67. The minimum atomic E-state index is -0.153. The molecule has 0 aliphatic carbocycles. The van der Waals surface area contributed by atoms with Crippen molar-refractivity contribution in [1.29, 1.82) is 0 Å². The van der Waals surface area contributed by atoms with E-state index >= 15 is 0 Å². The molecule has 0 aliphatic rings. The molecular weight excluding hydrogens is 251 g/mol. The second kappa shape index (κ2) is 6.53. The normalized spacial score (nSPS) is 10.6. The number of nitrogens with zero attached hydrogens (tertiary/aromatic N) is 1. The number of hydrogen-bond donors (Lipinski definition) is 1. The zero-order valence-electron chi connectivity index (χ0n) is 12.3. The highest BCUT2D eigenvalue weighted by Crippen LogP contribution is 2.24. The maximum atomic E-state index is 14.0. The average molecular weight is 272 g/mol. The van der Waals surface area contributed by atoms with Gasteiger partial charge in [0.15, 0.2) is 0 Å². The number of benzene rings is 2. The summed E-state index contributed by atoms with van der Waals surface area (Å²) in [5, 5.41) is 3.14. The van der Waals surface area contributed by atoms with Crippen molar-refractivity contribution >= 4 is 5.69 Å². The van der Waals surface area contributed by atoms with Gasteiger partial charge in [0, 0.05) is 31.9 Å². The fraction of sp³-hybridized carbons (Fsp3) is 0.294. The van der Waals surface area contributed by atoms with Gasteiger partial charge < -0.3 is 10.2 Å². The number of hydrogen-bond acceptors (Lipinski definition) is 2. The van der Waals surface area contributed by atoms with E-state index in [1.165, 1.54) is 0 Å². The highest BCUT2D eigenvalue weighted by atomic mass is 19.1. The summed E-state index contributed by atoms with van der Waals surface area (Å²) in [6.07, 6.45) is 0. The van der Waals surface area contributed by atoms with Gasteiger partial charge in [0.1, 0.15) is 5.82 Å². The first-order valence-electron chi connectivity index (χ1n) is 6.88. The van der Waals surface area contributed by atoms with Crippen molar-refractivity contribution in [2.45, 2.75) is 13.5 Å². The van der Waals surface area contributed by atoms with E-state index in [0.29, 0.717) is 12.1 Å². The molecule has 0 saturated carbocycles. The van der Waals surface area contributed by atoms with Crippen molar-refractivity contribution in [3.63, 3.8) is 0 Å². The van der Waals surface area contributed by atoms with E-state index in [0.717, 1.165) is 23.4 Å². The molecule has 2 aromatic rings. The molecule has 2 rings (SSSR count). The molecule has 20 heavy (non-hydrogen) atoms. The third kappa shape index (κ3) is 3.36. The Hall–Kier alpha value is -1.87. The molecule has 2 nitrogen and oxygen atoms in total. The van der Waals surface area contributed by atoms with E-state index < -0.39 is 0 Å². The lowest BCUT2D eigenvalue weighted by Crippen LogP contribution is -2.12. The van der Waals surface area contributed by atoms with E-state index in [9.17, 15) is 4.39 Å². The molecule has 0 atom stereocenters. The number of anilines is 1. The predicted molar refractivity (Wildman–Crippen MR) is 83.5 cm³/mol. The van der Waals surface area contributed by atoms with Crippen molar-refractivity contribution in [2.24, 2.45) is 0 Å². The summed E-state index contributed by atoms with van der Waals surface area (Å²) in [5.74, 6) is -0.153. The molecule has 0 unspecified atom stereocenters. The van der Waals surface area contributed by atoms with Crippen LogP contribution in [-0.4, -0.2) is 20.6 Å². The van der Waals surface area contributed by atoms with Crippen LogP contribution >= 0.6 is 0 Å². The fourth-order valence-electron chi connectivity index (χ4n) is 2.08. The second-order valence-corrected chi connectivity index (χ2v) is 5.03. The minimum Gasteiger partial charge on any atom is -0.378 e. The third-order valence-corrected chi connectivity index (χ3v) is 3.34. The monoisotopic (exact) mass is 272 g/mol. The maximum Gasteiger partial charge on any atom is 0.128 e. The average Bonchev–Trinajstić information content (AvgIpc) is 2.46. The molecule has 1 N–H and O–H groups in total. The Morgan fingerprint density at radius 3 is 2.20 bits per heavy atom. The molecule has 0 fully saturated rings. The van der Waals surface area contributed by atoms with E-state index in [-0.39, 0.29) is 5.82 Å². The van der Waals surface area contributed by atoms with Crippen LogP contribution in [0.5, 0.6) is 0 Å². The molecule has 0 radical (unpaired) electrons. The minimum absolute atomic E-state index is 0.153. The highest BCUT2D eigenvalue weighted by Gasteiger charge is 2.05. The van der Waals surface area contributed by atoms with Crippen LogP contribution in [0.15, 0.2) is 42.5 Å². The number of halogens is 1. The molecular formula is C17H21FN2. The van der Waals surface area contributed by atoms with Gasteiger partial charge in [-0.3, -0.25) is 0 Å². The second-order valence-electron chi connectivity index (χ2n) is 5.03. The Kier molecular flexibility index (Phi) is 4.74. The van der Waals surface area contributed by atoms with Crippen LogP contribution in [0.25, 0.3) is 11.1 Å². The fourth-order valence-corrected chi connectivity index (χ4v) is 2.08. The first kappa shape index (κ1) is 14.5. The topological polar surface area (TPSA) is 15.3 Å². The van der Waals surface area contributed by atoms with Crippen molar-refractivity contribution in [3.8, 4) is 11.1 Å². The van der Waals surface area contributed by atoms with Gasteiger partial charge in [0.2, 0.25) is 0 Å². The zero-order valence-corrected chi connectivity index (χ0v) is 12.3. The lowest BCUT2D eigenvalue weighted by molar-refractivity contribution is 0.594. The molecule has 0 spiro atoms. The largest absolute Gasteiger partial charge is 0.378 e. The Bertz CT molecular complexity index is 562. The van der Waals surface area contributed by atoms with Gasteiger partial charge in [-0.1, -0.05) is 31.2 Å². The molecule has 0 bridgehead atoms. The SMILES string of the molecule is CCNCc1ccc(-c2ccc(N(C)C)cc2)cc1F. The summed E-state index contributed by atoms with van der Waals surface area (Å²) in [6.45, 7) is 3.42. The first-order chi connectivity index (χ1) is 9.61. The Balaban J connectivity index is 2.22. The van der Waals surface area contributed by atoms with Crippen molar-refractivity contribution in [2.75, 3.05) is 25.5 Å². The molecule has 106 valence electrons. The van der Waals surface area contributed by atoms with Gasteiger partial charge >= 0.3 is 0 Å². The molecule has 3 heteroatoms. The van der Waals surface area contributed by atoms with Crippen LogP contribution in [-0.2, 0) is 6.54 Å². The third-order valence-electron chi connectivity index (χ3n) is 3.34. The van der Waals surface area contributed by atoms with E-state index in [1.807, 2.05) is 62.3 Å². The van der Waals surface area contributed by atoms with Gasteiger partial charge in [0.25, 0.3) is 0 Å². The lowest BCUT2D eigenvalue weighted by Gasteiger charge is -2.13. The number of nitrogens with one attached hydrogen (secondary N) is 1. The molecule has 0 aliphatic heterocycles. The van der Waals surface area contributed by atoms with Crippen molar-refractivity contribution in [1.82, 2.24) is 5.32 Å². The summed E-state index contributed by atoms with van der Waals surface area (Å²) in [6, 6.07) is 13.6. The molecule has 0 aromatic heterocycles. The van der Waals surface area contributed by atoms with Crippen LogP contribution in [0.2, 0.25) is 0 Å². The van der Waals surface area contributed by atoms with Crippen LogP contribution in [0.3, 0.4) is 0 Å². The summed E-state index contributed by atoms with van der Waals surface area (Å²) in [5.41, 5.74) is 3.79. The first-order valence-corrected chi connectivity index (χ1v) is 6.88. The quantitative estimate of drug-likeness (QED) is 0.893. The Morgan fingerprint density at radius 1 is 1.00 bits per heavy atom. The van der Waals surface area contributed by atoms with Crippen molar-refractivity contribution in [3.05, 3.63) is 53.8 Å². The van der Waals surface area contributed by atoms with Gasteiger partial charge in [-0.25, -0.2) is 4.39 Å².